The first-order valence-corrected chi connectivity index (χ1v) is 6.29. The molecule has 0 heterocycles. The first-order chi connectivity index (χ1) is 9.40. The van der Waals surface area contributed by atoms with Gasteiger partial charge in [0.15, 0.2) is 0 Å². The minimum Gasteiger partial charge on any atom is -0.465 e. The number of Topliss-reactive ketones (excluding diaryl/α,β-unsaturated/α-hetero) is 1. The zero-order valence-corrected chi connectivity index (χ0v) is 11.5. The number of non-ortho nitro benzene ring substituents is 1. The van der Waals surface area contributed by atoms with Crippen LogP contribution in [0.5, 0.6) is 0 Å². The van der Waals surface area contributed by atoms with Gasteiger partial charge in [-0.1, -0.05) is 19.1 Å². The second kappa shape index (κ2) is 7.37. The van der Waals surface area contributed by atoms with Crippen LogP contribution in [0.25, 0.3) is 0 Å². The molecule has 0 saturated carbocycles. The van der Waals surface area contributed by atoms with Crippen molar-refractivity contribution in [2.45, 2.75) is 26.7 Å². The second-order valence-electron chi connectivity index (χ2n) is 4.59. The Labute approximate surface area is 116 Å². The molecule has 1 atom stereocenters. The first-order valence-electron chi connectivity index (χ1n) is 6.29. The Balaban J connectivity index is 2.48. The molecule has 1 aromatic rings. The smallest absolute Gasteiger partial charge is 0.302 e. The molecular weight excluding hydrogens is 262 g/mol. The van der Waals surface area contributed by atoms with Crippen molar-refractivity contribution in [2.24, 2.45) is 5.92 Å². The van der Waals surface area contributed by atoms with Crippen LogP contribution in [0.1, 0.15) is 25.8 Å². The number of esters is 1. The zero-order valence-electron chi connectivity index (χ0n) is 11.5. The van der Waals surface area contributed by atoms with Crippen LogP contribution in [-0.2, 0) is 20.7 Å². The molecular formula is C14H17NO5. The topological polar surface area (TPSA) is 86.5 Å². The first kappa shape index (κ1) is 15.8. The molecule has 0 aliphatic heterocycles. The highest BCUT2D eigenvalue weighted by atomic mass is 16.6. The van der Waals surface area contributed by atoms with Crippen molar-refractivity contribution in [3.05, 3.63) is 39.9 Å². The van der Waals surface area contributed by atoms with Crippen LogP contribution in [0.15, 0.2) is 24.3 Å². The van der Waals surface area contributed by atoms with Crippen LogP contribution in [0.2, 0.25) is 0 Å². The Bertz CT molecular complexity index is 495. The molecule has 0 bridgehead atoms. The molecule has 0 saturated heterocycles. The van der Waals surface area contributed by atoms with Gasteiger partial charge in [-0.3, -0.25) is 19.7 Å². The summed E-state index contributed by atoms with van der Waals surface area (Å²) in [4.78, 5) is 32.5. The van der Waals surface area contributed by atoms with Crippen molar-refractivity contribution in [1.29, 1.82) is 0 Å². The van der Waals surface area contributed by atoms with E-state index in [-0.39, 0.29) is 30.4 Å². The number of hydrogen-bond acceptors (Lipinski definition) is 5. The van der Waals surface area contributed by atoms with Crippen LogP contribution in [0, 0.1) is 16.0 Å². The lowest BCUT2D eigenvalue weighted by Gasteiger charge is -2.10. The molecule has 108 valence electrons. The standard InChI is InChI=1S/C14H17NO5/c1-10(14(17)7-8-20-11(2)16)9-12-3-5-13(6-4-12)15(18)19/h3-6,10H,7-9H2,1-2H3. The Hall–Kier alpha value is -2.24. The van der Waals surface area contributed by atoms with Gasteiger partial charge in [0.25, 0.3) is 5.69 Å². The summed E-state index contributed by atoms with van der Waals surface area (Å²) in [5.74, 6) is -0.613. The molecule has 20 heavy (non-hydrogen) atoms. The maximum Gasteiger partial charge on any atom is 0.302 e. The van der Waals surface area contributed by atoms with E-state index in [2.05, 4.69) is 0 Å². The van der Waals surface area contributed by atoms with Gasteiger partial charge in [-0.15, -0.1) is 0 Å². The van der Waals surface area contributed by atoms with Crippen molar-refractivity contribution in [3.63, 3.8) is 0 Å². The fourth-order valence-electron chi connectivity index (χ4n) is 1.76. The number of benzene rings is 1. The van der Waals surface area contributed by atoms with E-state index in [1.807, 2.05) is 0 Å². The van der Waals surface area contributed by atoms with Gasteiger partial charge < -0.3 is 4.74 Å². The van der Waals surface area contributed by atoms with Gasteiger partial charge >= 0.3 is 5.97 Å². The lowest BCUT2D eigenvalue weighted by molar-refractivity contribution is -0.384. The molecule has 0 fully saturated rings. The summed E-state index contributed by atoms with van der Waals surface area (Å²) in [5, 5.41) is 10.5. The summed E-state index contributed by atoms with van der Waals surface area (Å²) < 4.78 is 4.72. The molecule has 1 rings (SSSR count). The fourth-order valence-corrected chi connectivity index (χ4v) is 1.76. The average Bonchev–Trinajstić information content (AvgIpc) is 2.38. The number of nitro groups is 1. The van der Waals surface area contributed by atoms with Gasteiger partial charge in [0.05, 0.1) is 11.5 Å². The van der Waals surface area contributed by atoms with Gasteiger partial charge in [0.2, 0.25) is 0 Å². The van der Waals surface area contributed by atoms with E-state index < -0.39 is 10.9 Å². The number of nitrogens with zero attached hydrogens (tertiary/aromatic N) is 1. The van der Waals surface area contributed by atoms with Gasteiger partial charge in [0.1, 0.15) is 5.78 Å². The van der Waals surface area contributed by atoms with Crippen molar-refractivity contribution in [3.8, 4) is 0 Å². The van der Waals surface area contributed by atoms with Gasteiger partial charge in [-0.05, 0) is 12.0 Å². The minimum absolute atomic E-state index is 0.00426. The Morgan fingerprint density at radius 1 is 1.30 bits per heavy atom. The van der Waals surface area contributed by atoms with Gasteiger partial charge in [0, 0.05) is 31.4 Å². The molecule has 0 radical (unpaired) electrons. The fraction of sp³-hybridized carbons (Fsp3) is 0.429. The third-order valence-corrected chi connectivity index (χ3v) is 2.89. The molecule has 1 unspecified atom stereocenters. The van der Waals surface area contributed by atoms with Crippen LogP contribution in [0.4, 0.5) is 5.69 Å². The quantitative estimate of drug-likeness (QED) is 0.434. The largest absolute Gasteiger partial charge is 0.465 e. The second-order valence-corrected chi connectivity index (χ2v) is 4.59. The Kier molecular flexibility index (Phi) is 5.83. The molecule has 0 amide bonds. The number of nitro benzene ring substituents is 1. The Morgan fingerprint density at radius 3 is 2.40 bits per heavy atom. The van der Waals surface area contributed by atoms with Crippen molar-refractivity contribution in [2.75, 3.05) is 6.61 Å². The van der Waals surface area contributed by atoms with Crippen LogP contribution in [-0.4, -0.2) is 23.3 Å². The Morgan fingerprint density at radius 2 is 1.90 bits per heavy atom. The number of hydrogen-bond donors (Lipinski definition) is 0. The maximum atomic E-state index is 11.8. The van der Waals surface area contributed by atoms with E-state index >= 15 is 0 Å². The highest BCUT2D eigenvalue weighted by Crippen LogP contribution is 2.16. The SMILES string of the molecule is CC(=O)OCCC(=O)C(C)Cc1ccc([N+](=O)[O-])cc1. The average molecular weight is 279 g/mol. The lowest BCUT2D eigenvalue weighted by atomic mass is 9.95. The number of carbonyl (C=O) groups excluding carboxylic acids is 2. The highest BCUT2D eigenvalue weighted by Gasteiger charge is 2.14. The third kappa shape index (κ3) is 5.17. The molecule has 6 heteroatoms. The van der Waals surface area contributed by atoms with Gasteiger partial charge in [-0.2, -0.15) is 0 Å². The van der Waals surface area contributed by atoms with Crippen LogP contribution >= 0.6 is 0 Å². The number of ketones is 1. The number of rotatable bonds is 7. The summed E-state index contributed by atoms with van der Waals surface area (Å²) >= 11 is 0. The van der Waals surface area contributed by atoms with E-state index in [0.29, 0.717) is 6.42 Å². The highest BCUT2D eigenvalue weighted by molar-refractivity contribution is 5.81. The summed E-state index contributed by atoms with van der Waals surface area (Å²) in [6.07, 6.45) is 0.699. The van der Waals surface area contributed by atoms with E-state index in [0.717, 1.165) is 5.56 Å². The van der Waals surface area contributed by atoms with Crippen LogP contribution < -0.4 is 0 Å². The van der Waals surface area contributed by atoms with Crippen molar-refractivity contribution in [1.82, 2.24) is 0 Å². The van der Waals surface area contributed by atoms with E-state index in [9.17, 15) is 19.7 Å². The molecule has 0 spiro atoms. The molecule has 1 aromatic carbocycles. The van der Waals surface area contributed by atoms with Crippen molar-refractivity contribution >= 4 is 17.4 Å². The summed E-state index contributed by atoms with van der Waals surface area (Å²) in [5.41, 5.74) is 0.895. The summed E-state index contributed by atoms with van der Waals surface area (Å²) in [7, 11) is 0. The summed E-state index contributed by atoms with van der Waals surface area (Å²) in [6.45, 7) is 3.18. The van der Waals surface area contributed by atoms with Gasteiger partial charge in [-0.25, -0.2) is 0 Å². The van der Waals surface area contributed by atoms with E-state index in [4.69, 9.17) is 4.74 Å². The predicted molar refractivity (Wildman–Crippen MR) is 72.2 cm³/mol. The normalized spacial score (nSPS) is 11.7. The molecule has 0 N–H and O–H groups in total. The predicted octanol–water partition coefficient (Wildman–Crippen LogP) is 2.30. The summed E-state index contributed by atoms with van der Waals surface area (Å²) in [6, 6.07) is 6.14. The maximum absolute atomic E-state index is 11.8. The van der Waals surface area contributed by atoms with E-state index in [1.165, 1.54) is 19.1 Å². The lowest BCUT2D eigenvalue weighted by Crippen LogP contribution is -2.16. The molecule has 0 aliphatic rings. The number of ether oxygens (including phenoxy) is 1. The zero-order chi connectivity index (χ0) is 15.1. The number of carbonyl (C=O) groups is 2. The minimum atomic E-state index is -0.461. The van der Waals surface area contributed by atoms with E-state index in [1.54, 1.807) is 19.1 Å². The van der Waals surface area contributed by atoms with Crippen LogP contribution in [0.3, 0.4) is 0 Å². The van der Waals surface area contributed by atoms with Crippen molar-refractivity contribution < 1.29 is 19.2 Å². The molecule has 0 aliphatic carbocycles. The molecule has 0 aromatic heterocycles. The molecule has 6 nitrogen and oxygen atoms in total. The monoisotopic (exact) mass is 279 g/mol. The third-order valence-electron chi connectivity index (χ3n) is 2.89.